The lowest BCUT2D eigenvalue weighted by atomic mass is 11.0. The van der Waals surface area contributed by atoms with Gasteiger partial charge in [-0.15, -0.1) is 5.10 Å². The first-order valence-electron chi connectivity index (χ1n) is 2.03. The van der Waals surface area contributed by atoms with E-state index in [0.29, 0.717) is 0 Å². The zero-order chi connectivity index (χ0) is 5.82. The third kappa shape index (κ3) is 1.41. The second-order valence-electron chi connectivity index (χ2n) is 1.09. The number of hydrogen-bond donors (Lipinski definition) is 2. The summed E-state index contributed by atoms with van der Waals surface area (Å²) in [7, 11) is 0. The Kier molecular flexibility index (Phi) is 2.23. The monoisotopic (exact) mass is 147 g/mol. The van der Waals surface area contributed by atoms with E-state index in [2.05, 4.69) is 28.0 Å². The minimum absolute atomic E-state index is 0.754. The van der Waals surface area contributed by atoms with Crippen molar-refractivity contribution in [3.05, 3.63) is 6.20 Å². The van der Waals surface area contributed by atoms with Gasteiger partial charge in [-0.2, -0.15) is 12.6 Å². The van der Waals surface area contributed by atoms with E-state index in [4.69, 9.17) is 0 Å². The Balaban J connectivity index is 2.50. The maximum absolute atomic E-state index is 3.99. The molecule has 1 aromatic rings. The van der Waals surface area contributed by atoms with Crippen molar-refractivity contribution in [1.29, 1.82) is 0 Å². The summed E-state index contributed by atoms with van der Waals surface area (Å²) in [6.45, 7) is 0. The van der Waals surface area contributed by atoms with Gasteiger partial charge in [-0.3, -0.25) is 5.10 Å². The van der Waals surface area contributed by atoms with Gasteiger partial charge in [0.05, 0.1) is 6.20 Å². The maximum Gasteiger partial charge on any atom is 0.112 e. The summed E-state index contributed by atoms with van der Waals surface area (Å²) in [5.74, 6) is 0. The van der Waals surface area contributed by atoms with Crippen molar-refractivity contribution in [1.82, 2.24) is 15.4 Å². The van der Waals surface area contributed by atoms with Crippen LogP contribution >= 0.6 is 24.4 Å². The molecule has 0 radical (unpaired) electrons. The highest BCUT2D eigenvalue weighted by atomic mass is 32.2. The van der Waals surface area contributed by atoms with Crippen LogP contribution in [-0.4, -0.2) is 20.5 Å². The largest absolute Gasteiger partial charge is 0.252 e. The molecule has 8 heavy (non-hydrogen) atoms. The quantitative estimate of drug-likeness (QED) is 0.369. The van der Waals surface area contributed by atoms with E-state index in [9.17, 15) is 0 Å². The molecular formula is C3H5N3S2. The fourth-order valence-electron chi connectivity index (χ4n) is 0.327. The molecule has 0 unspecified atom stereocenters. The van der Waals surface area contributed by atoms with Crippen LogP contribution in [0.4, 0.5) is 0 Å². The number of aromatic nitrogens is 3. The van der Waals surface area contributed by atoms with Crippen LogP contribution in [0.15, 0.2) is 11.2 Å². The summed E-state index contributed by atoms with van der Waals surface area (Å²) in [5, 5.41) is 11.5. The Hall–Kier alpha value is -0.160. The van der Waals surface area contributed by atoms with Crippen molar-refractivity contribution in [2.75, 3.05) is 5.08 Å². The van der Waals surface area contributed by atoms with Crippen LogP contribution in [0.3, 0.4) is 0 Å². The minimum Gasteiger partial charge on any atom is -0.252 e. The Labute approximate surface area is 56.7 Å². The predicted octanol–water partition coefficient (Wildman–Crippen LogP) is 0.784. The molecule has 0 saturated carbocycles. The van der Waals surface area contributed by atoms with Gasteiger partial charge >= 0.3 is 0 Å². The number of nitrogens with one attached hydrogen (secondary N) is 1. The number of hydrogen-bond acceptors (Lipinski definition) is 4. The molecule has 0 saturated heterocycles. The molecule has 3 nitrogen and oxygen atoms in total. The zero-order valence-corrected chi connectivity index (χ0v) is 5.75. The number of thioether (sulfide) groups is 1. The van der Waals surface area contributed by atoms with E-state index in [1.165, 1.54) is 0 Å². The van der Waals surface area contributed by atoms with Crippen molar-refractivity contribution >= 4 is 24.4 Å². The van der Waals surface area contributed by atoms with Gasteiger partial charge in [-0.05, 0) is 0 Å². The van der Waals surface area contributed by atoms with Crippen LogP contribution in [0, 0.1) is 0 Å². The highest BCUT2D eigenvalue weighted by Crippen LogP contribution is 2.12. The van der Waals surface area contributed by atoms with Crippen molar-refractivity contribution in [2.45, 2.75) is 5.03 Å². The molecule has 1 heterocycles. The van der Waals surface area contributed by atoms with Gasteiger partial charge in [0.25, 0.3) is 0 Å². The van der Waals surface area contributed by atoms with Crippen molar-refractivity contribution < 1.29 is 0 Å². The first-order valence-corrected chi connectivity index (χ1v) is 3.65. The smallest absolute Gasteiger partial charge is 0.112 e. The van der Waals surface area contributed by atoms with Gasteiger partial charge < -0.3 is 0 Å². The van der Waals surface area contributed by atoms with Crippen LogP contribution in [0.1, 0.15) is 0 Å². The van der Waals surface area contributed by atoms with Crippen LogP contribution in [0.2, 0.25) is 0 Å². The third-order valence-corrected chi connectivity index (χ3v) is 1.64. The normalized spacial score (nSPS) is 9.62. The molecule has 0 spiro atoms. The molecule has 0 fully saturated rings. The molecule has 5 heteroatoms. The molecule has 0 bridgehead atoms. The van der Waals surface area contributed by atoms with Gasteiger partial charge in [0.2, 0.25) is 0 Å². The highest BCUT2D eigenvalue weighted by Gasteiger charge is 1.89. The topological polar surface area (TPSA) is 41.6 Å². The lowest BCUT2D eigenvalue weighted by Gasteiger charge is -1.84. The number of H-pyrrole nitrogens is 1. The Morgan fingerprint density at radius 1 is 1.88 bits per heavy atom. The summed E-state index contributed by atoms with van der Waals surface area (Å²) >= 11 is 5.56. The van der Waals surface area contributed by atoms with E-state index < -0.39 is 0 Å². The summed E-state index contributed by atoms with van der Waals surface area (Å²) in [5.41, 5.74) is 0. The van der Waals surface area contributed by atoms with E-state index in [1.54, 1.807) is 18.0 Å². The van der Waals surface area contributed by atoms with Gasteiger partial charge in [0, 0.05) is 5.08 Å². The van der Waals surface area contributed by atoms with Crippen LogP contribution in [-0.2, 0) is 0 Å². The molecule has 0 aromatic carbocycles. The summed E-state index contributed by atoms with van der Waals surface area (Å²) in [6, 6.07) is 0. The van der Waals surface area contributed by atoms with E-state index >= 15 is 0 Å². The van der Waals surface area contributed by atoms with E-state index in [1.807, 2.05) is 0 Å². The molecule has 44 valence electrons. The molecule has 0 aliphatic heterocycles. The zero-order valence-electron chi connectivity index (χ0n) is 4.03. The first-order chi connectivity index (χ1) is 3.93. The number of thiol groups is 1. The number of aromatic amines is 1. The molecule has 0 aliphatic carbocycles. The molecule has 1 rings (SSSR count). The van der Waals surface area contributed by atoms with Gasteiger partial charge in [0.15, 0.2) is 0 Å². The Bertz CT molecular complexity index is 138. The molecule has 0 amide bonds. The Morgan fingerprint density at radius 2 is 2.75 bits per heavy atom. The van der Waals surface area contributed by atoms with Crippen LogP contribution < -0.4 is 0 Å². The highest BCUT2D eigenvalue weighted by molar-refractivity contribution is 8.09. The maximum atomic E-state index is 3.99. The Morgan fingerprint density at radius 3 is 3.25 bits per heavy atom. The third-order valence-electron chi connectivity index (χ3n) is 0.613. The second kappa shape index (κ2) is 2.99. The lowest BCUT2D eigenvalue weighted by Crippen LogP contribution is -1.69. The van der Waals surface area contributed by atoms with Gasteiger partial charge in [-0.1, -0.05) is 17.0 Å². The molecule has 0 atom stereocenters. The van der Waals surface area contributed by atoms with E-state index in [-0.39, 0.29) is 0 Å². The van der Waals surface area contributed by atoms with Crippen molar-refractivity contribution in [2.24, 2.45) is 0 Å². The van der Waals surface area contributed by atoms with E-state index in [0.717, 1.165) is 10.1 Å². The SMILES string of the molecule is SCSc1cnn[nH]1. The molecular weight excluding hydrogens is 142 g/mol. The van der Waals surface area contributed by atoms with Gasteiger partial charge in [-0.25, -0.2) is 0 Å². The fourth-order valence-corrected chi connectivity index (χ4v) is 1.11. The molecule has 0 aliphatic rings. The standard InChI is InChI=1S/C3H5N3S2/c7-2-8-3-1-4-6-5-3/h1,7H,2H2,(H,4,5,6). The molecule has 1 N–H and O–H groups in total. The van der Waals surface area contributed by atoms with Gasteiger partial charge in [0.1, 0.15) is 5.03 Å². The lowest BCUT2D eigenvalue weighted by molar-refractivity contribution is 0.911. The summed E-state index contributed by atoms with van der Waals surface area (Å²) in [4.78, 5) is 0. The summed E-state index contributed by atoms with van der Waals surface area (Å²) in [6.07, 6.45) is 1.67. The average Bonchev–Trinajstić information content (AvgIpc) is 2.19. The molecule has 1 aromatic heterocycles. The fraction of sp³-hybridized carbons (Fsp3) is 0.333. The number of rotatable bonds is 2. The first kappa shape index (κ1) is 5.97. The minimum atomic E-state index is 0.754. The van der Waals surface area contributed by atoms with Crippen LogP contribution in [0.25, 0.3) is 0 Å². The summed E-state index contributed by atoms with van der Waals surface area (Å²) < 4.78 is 0. The predicted molar refractivity (Wildman–Crippen MR) is 36.1 cm³/mol. The van der Waals surface area contributed by atoms with Crippen molar-refractivity contribution in [3.8, 4) is 0 Å². The van der Waals surface area contributed by atoms with Crippen molar-refractivity contribution in [3.63, 3.8) is 0 Å². The van der Waals surface area contributed by atoms with Crippen LogP contribution in [0.5, 0.6) is 0 Å². The average molecular weight is 147 g/mol. The second-order valence-corrected chi connectivity index (χ2v) is 2.86. The number of nitrogens with zero attached hydrogens (tertiary/aromatic N) is 2.